The van der Waals surface area contributed by atoms with E-state index in [0.29, 0.717) is 50.9 Å². The number of amides is 1. The molecule has 1 aromatic heterocycles. The lowest BCUT2D eigenvalue weighted by Crippen LogP contribution is -2.20. The molecule has 208 valence electrons. The number of hydrogen-bond donors (Lipinski definition) is 1. The molecule has 0 spiro atoms. The number of ether oxygens (including phenoxy) is 5. The molecule has 0 atom stereocenters. The Morgan fingerprint density at radius 2 is 1.57 bits per heavy atom. The fraction of sp³-hybridized carbons (Fsp3) is 0.214. The molecule has 1 N–H and O–H groups in total. The minimum Gasteiger partial charge on any atom is -0.497 e. The number of rotatable bonds is 12. The van der Waals surface area contributed by atoms with Gasteiger partial charge in [0, 0.05) is 16.8 Å². The highest BCUT2D eigenvalue weighted by Crippen LogP contribution is 2.41. The number of benzene rings is 3. The van der Waals surface area contributed by atoms with Gasteiger partial charge in [0.05, 0.1) is 47.5 Å². The van der Waals surface area contributed by atoms with Gasteiger partial charge in [-0.15, -0.1) is 10.2 Å². The van der Waals surface area contributed by atoms with Crippen LogP contribution >= 0.6 is 11.8 Å². The van der Waals surface area contributed by atoms with Gasteiger partial charge in [0.2, 0.25) is 5.75 Å². The Bertz CT molecular complexity index is 1470. The number of thioether (sulfide) groups is 1. The standard InChI is InChI=1S/C28H29N5O6S/c1-35-21-11-12-22(36-2)19(13-21)16-29-30-25(34)17-40-28-32-31-27(33(28)20-9-7-6-8-10-20)18-14-23(37-3)26(39-5)24(15-18)38-4/h6-16H,17H2,1-5H3,(H,30,34). The zero-order valence-electron chi connectivity index (χ0n) is 22.7. The SMILES string of the molecule is COc1ccc(OC)c(C=NNC(=O)CSc2nnc(-c3cc(OC)c(OC)c(OC)c3)n2-c2ccccc2)c1. The molecular formula is C28H29N5O6S. The van der Waals surface area contributed by atoms with Gasteiger partial charge in [-0.2, -0.15) is 5.10 Å². The highest BCUT2D eigenvalue weighted by molar-refractivity contribution is 7.99. The average Bonchev–Trinajstić information content (AvgIpc) is 3.43. The van der Waals surface area contributed by atoms with Crippen molar-refractivity contribution in [3.05, 3.63) is 66.2 Å². The van der Waals surface area contributed by atoms with Crippen LogP contribution in [0.15, 0.2) is 70.9 Å². The van der Waals surface area contributed by atoms with Crippen molar-refractivity contribution in [2.45, 2.75) is 5.16 Å². The fourth-order valence-corrected chi connectivity index (χ4v) is 4.59. The van der Waals surface area contributed by atoms with Crippen LogP contribution in [0.2, 0.25) is 0 Å². The van der Waals surface area contributed by atoms with E-state index in [1.807, 2.05) is 34.9 Å². The minimum atomic E-state index is -0.319. The van der Waals surface area contributed by atoms with E-state index in [4.69, 9.17) is 23.7 Å². The van der Waals surface area contributed by atoms with E-state index in [-0.39, 0.29) is 11.7 Å². The van der Waals surface area contributed by atoms with Crippen LogP contribution in [0, 0.1) is 0 Å². The maximum absolute atomic E-state index is 12.6. The van der Waals surface area contributed by atoms with Crippen molar-refractivity contribution in [1.82, 2.24) is 20.2 Å². The number of hydrogen-bond acceptors (Lipinski definition) is 10. The van der Waals surface area contributed by atoms with Gasteiger partial charge in [0.25, 0.3) is 5.91 Å². The van der Waals surface area contributed by atoms with Crippen molar-refractivity contribution in [3.63, 3.8) is 0 Å². The summed E-state index contributed by atoms with van der Waals surface area (Å²) in [6.07, 6.45) is 1.50. The van der Waals surface area contributed by atoms with Gasteiger partial charge < -0.3 is 23.7 Å². The summed E-state index contributed by atoms with van der Waals surface area (Å²) >= 11 is 1.22. The number of carbonyl (C=O) groups is 1. The van der Waals surface area contributed by atoms with Crippen LogP contribution < -0.4 is 29.1 Å². The van der Waals surface area contributed by atoms with Crippen LogP contribution in [-0.4, -0.2) is 68.2 Å². The van der Waals surface area contributed by atoms with Crippen molar-refractivity contribution in [1.29, 1.82) is 0 Å². The van der Waals surface area contributed by atoms with Crippen molar-refractivity contribution in [2.24, 2.45) is 5.10 Å². The topological polar surface area (TPSA) is 118 Å². The molecule has 0 aliphatic carbocycles. The monoisotopic (exact) mass is 563 g/mol. The second kappa shape index (κ2) is 13.4. The molecule has 40 heavy (non-hydrogen) atoms. The molecule has 0 radical (unpaired) electrons. The number of methoxy groups -OCH3 is 5. The van der Waals surface area contributed by atoms with Gasteiger partial charge in [-0.3, -0.25) is 9.36 Å². The van der Waals surface area contributed by atoms with Crippen molar-refractivity contribution in [2.75, 3.05) is 41.3 Å². The molecule has 0 aliphatic rings. The number of aromatic nitrogens is 3. The van der Waals surface area contributed by atoms with Gasteiger partial charge in [-0.1, -0.05) is 30.0 Å². The molecule has 0 saturated carbocycles. The second-order valence-electron chi connectivity index (χ2n) is 8.08. The Kier molecular flexibility index (Phi) is 9.47. The fourth-order valence-electron chi connectivity index (χ4n) is 3.85. The number of nitrogens with one attached hydrogen (secondary N) is 1. The highest BCUT2D eigenvalue weighted by atomic mass is 32.2. The minimum absolute atomic E-state index is 0.0484. The van der Waals surface area contributed by atoms with Crippen LogP contribution in [0.25, 0.3) is 17.1 Å². The lowest BCUT2D eigenvalue weighted by Gasteiger charge is -2.15. The number of hydrazone groups is 1. The van der Waals surface area contributed by atoms with Crippen LogP contribution in [0.3, 0.4) is 0 Å². The molecule has 0 fully saturated rings. The summed E-state index contributed by atoms with van der Waals surface area (Å²) in [6.45, 7) is 0. The first-order valence-electron chi connectivity index (χ1n) is 12.0. The molecule has 11 nitrogen and oxygen atoms in total. The van der Waals surface area contributed by atoms with Crippen molar-refractivity contribution >= 4 is 23.9 Å². The van der Waals surface area contributed by atoms with Crippen LogP contribution in [0.1, 0.15) is 5.56 Å². The first-order valence-corrected chi connectivity index (χ1v) is 13.0. The largest absolute Gasteiger partial charge is 0.497 e. The third-order valence-corrected chi connectivity index (χ3v) is 6.66. The number of nitrogens with zero attached hydrogens (tertiary/aromatic N) is 4. The Morgan fingerprint density at radius 3 is 2.20 bits per heavy atom. The normalized spacial score (nSPS) is 10.8. The smallest absolute Gasteiger partial charge is 0.250 e. The van der Waals surface area contributed by atoms with E-state index >= 15 is 0 Å². The first kappa shape index (κ1) is 28.3. The lowest BCUT2D eigenvalue weighted by molar-refractivity contribution is -0.118. The quantitative estimate of drug-likeness (QED) is 0.154. The molecule has 0 unspecified atom stereocenters. The zero-order chi connectivity index (χ0) is 28.5. The van der Waals surface area contributed by atoms with E-state index in [1.54, 1.807) is 65.9 Å². The molecule has 1 heterocycles. The molecule has 1 amide bonds. The summed E-state index contributed by atoms with van der Waals surface area (Å²) in [4.78, 5) is 12.6. The number of para-hydroxylation sites is 1. The van der Waals surface area contributed by atoms with Crippen molar-refractivity contribution < 1.29 is 28.5 Å². The van der Waals surface area contributed by atoms with Gasteiger partial charge in [-0.25, -0.2) is 5.43 Å². The van der Waals surface area contributed by atoms with E-state index in [0.717, 1.165) is 5.69 Å². The summed E-state index contributed by atoms with van der Waals surface area (Å²) in [5, 5.41) is 13.4. The van der Waals surface area contributed by atoms with Crippen LogP contribution in [0.4, 0.5) is 0 Å². The number of carbonyl (C=O) groups excluding carboxylic acids is 1. The molecular weight excluding hydrogens is 534 g/mol. The Labute approximate surface area is 236 Å². The van der Waals surface area contributed by atoms with Gasteiger partial charge in [-0.05, 0) is 42.5 Å². The van der Waals surface area contributed by atoms with Gasteiger partial charge in [0.15, 0.2) is 22.5 Å². The Morgan fingerprint density at radius 1 is 0.875 bits per heavy atom. The molecule has 4 aromatic rings. The molecule has 0 bridgehead atoms. The van der Waals surface area contributed by atoms with Crippen LogP contribution in [-0.2, 0) is 4.79 Å². The summed E-state index contributed by atoms with van der Waals surface area (Å²) in [6, 6.07) is 18.5. The summed E-state index contributed by atoms with van der Waals surface area (Å²) < 4.78 is 28.9. The maximum Gasteiger partial charge on any atom is 0.250 e. The molecule has 0 saturated heterocycles. The van der Waals surface area contributed by atoms with E-state index in [9.17, 15) is 4.79 Å². The third kappa shape index (κ3) is 6.29. The van der Waals surface area contributed by atoms with Gasteiger partial charge in [0.1, 0.15) is 11.5 Å². The molecule has 12 heteroatoms. The zero-order valence-corrected chi connectivity index (χ0v) is 23.5. The summed E-state index contributed by atoms with van der Waals surface area (Å²) in [7, 11) is 7.78. The predicted octanol–water partition coefficient (Wildman–Crippen LogP) is 4.22. The van der Waals surface area contributed by atoms with E-state index in [2.05, 4.69) is 20.7 Å². The Hall–Kier alpha value is -4.71. The second-order valence-corrected chi connectivity index (χ2v) is 9.02. The summed E-state index contributed by atoms with van der Waals surface area (Å²) in [5.41, 5.74) is 4.72. The molecule has 3 aromatic carbocycles. The van der Waals surface area contributed by atoms with Crippen LogP contribution in [0.5, 0.6) is 28.7 Å². The lowest BCUT2D eigenvalue weighted by atomic mass is 10.1. The van der Waals surface area contributed by atoms with Gasteiger partial charge >= 0.3 is 0 Å². The highest BCUT2D eigenvalue weighted by Gasteiger charge is 2.21. The maximum atomic E-state index is 12.6. The molecule has 0 aliphatic heterocycles. The van der Waals surface area contributed by atoms with E-state index in [1.165, 1.54) is 18.0 Å². The third-order valence-electron chi connectivity index (χ3n) is 5.73. The average molecular weight is 564 g/mol. The predicted molar refractivity (Wildman–Crippen MR) is 152 cm³/mol. The first-order chi connectivity index (χ1) is 19.5. The summed E-state index contributed by atoms with van der Waals surface area (Å²) in [5.74, 6) is 2.95. The molecule has 4 rings (SSSR count). The Balaban J connectivity index is 1.57. The van der Waals surface area contributed by atoms with Crippen molar-refractivity contribution in [3.8, 4) is 45.8 Å². The van der Waals surface area contributed by atoms with E-state index < -0.39 is 0 Å².